The summed E-state index contributed by atoms with van der Waals surface area (Å²) in [5.74, 6) is -0.625. The van der Waals surface area contributed by atoms with Gasteiger partial charge in [-0.05, 0) is 19.1 Å². The molecule has 3 atom stereocenters. The first-order chi connectivity index (χ1) is 12.9. The number of nitrogens with zero attached hydrogens (tertiary/aromatic N) is 1. The summed E-state index contributed by atoms with van der Waals surface area (Å²) >= 11 is 0. The topological polar surface area (TPSA) is 131 Å². The van der Waals surface area contributed by atoms with E-state index in [1.807, 2.05) is 0 Å². The van der Waals surface area contributed by atoms with Gasteiger partial charge in [0, 0.05) is 18.2 Å². The van der Waals surface area contributed by atoms with Crippen LogP contribution in [0.15, 0.2) is 46.1 Å². The molecular formula is C18H20N2O7. The van der Waals surface area contributed by atoms with Crippen molar-refractivity contribution in [3.8, 4) is 0 Å². The van der Waals surface area contributed by atoms with Crippen LogP contribution in [0.1, 0.15) is 28.6 Å². The molecule has 9 nitrogen and oxygen atoms in total. The van der Waals surface area contributed by atoms with Crippen LogP contribution in [-0.2, 0) is 9.47 Å². The highest BCUT2D eigenvalue weighted by molar-refractivity contribution is 5.89. The largest absolute Gasteiger partial charge is 0.459 e. The predicted octanol–water partition coefficient (Wildman–Crippen LogP) is -0.287. The van der Waals surface area contributed by atoms with Gasteiger partial charge >= 0.3 is 11.7 Å². The number of esters is 1. The number of aromatic nitrogens is 2. The van der Waals surface area contributed by atoms with Crippen molar-refractivity contribution in [2.45, 2.75) is 31.3 Å². The monoisotopic (exact) mass is 376 g/mol. The molecule has 0 aliphatic carbocycles. The average Bonchev–Trinajstić information content (AvgIpc) is 3.00. The third-order valence-electron chi connectivity index (χ3n) is 4.58. The first kappa shape index (κ1) is 19.0. The SMILES string of the molecule is Cc1cn([C@H]2C[C@H](O)[C@@](CO)(COC(=O)c3ccccc3)O2)c(=O)[nH]c1=O. The molecule has 2 aromatic rings. The van der Waals surface area contributed by atoms with Gasteiger partial charge in [0.1, 0.15) is 12.8 Å². The average molecular weight is 376 g/mol. The lowest BCUT2D eigenvalue weighted by atomic mass is 9.99. The van der Waals surface area contributed by atoms with Gasteiger partial charge in [-0.1, -0.05) is 18.2 Å². The van der Waals surface area contributed by atoms with Gasteiger partial charge in [-0.15, -0.1) is 0 Å². The summed E-state index contributed by atoms with van der Waals surface area (Å²) in [6.07, 6.45) is -0.808. The Kier molecular flexibility index (Phi) is 5.26. The lowest BCUT2D eigenvalue weighted by Gasteiger charge is -2.29. The molecule has 2 heterocycles. The second-order valence-corrected chi connectivity index (χ2v) is 6.47. The van der Waals surface area contributed by atoms with E-state index in [0.29, 0.717) is 11.1 Å². The van der Waals surface area contributed by atoms with E-state index in [0.717, 1.165) is 4.57 Å². The number of carbonyl (C=O) groups excluding carboxylic acids is 1. The highest BCUT2D eigenvalue weighted by Gasteiger charge is 2.50. The number of aliphatic hydroxyl groups is 2. The molecule has 1 saturated heterocycles. The van der Waals surface area contributed by atoms with Crippen LogP contribution in [-0.4, -0.2) is 50.7 Å². The molecule has 0 unspecified atom stereocenters. The van der Waals surface area contributed by atoms with Crippen LogP contribution in [0.3, 0.4) is 0 Å². The van der Waals surface area contributed by atoms with Crippen molar-refractivity contribution < 1.29 is 24.5 Å². The minimum atomic E-state index is -1.57. The number of hydrogen-bond donors (Lipinski definition) is 3. The number of nitrogens with one attached hydrogen (secondary N) is 1. The van der Waals surface area contributed by atoms with E-state index in [1.54, 1.807) is 30.3 Å². The molecule has 0 saturated carbocycles. The Morgan fingerprint density at radius 1 is 1.37 bits per heavy atom. The lowest BCUT2D eigenvalue weighted by molar-refractivity contribution is -0.151. The van der Waals surface area contributed by atoms with Crippen LogP contribution in [0.2, 0.25) is 0 Å². The first-order valence-corrected chi connectivity index (χ1v) is 8.37. The number of H-pyrrole nitrogens is 1. The minimum Gasteiger partial charge on any atom is -0.459 e. The fourth-order valence-corrected chi connectivity index (χ4v) is 2.94. The Bertz CT molecular complexity index is 937. The van der Waals surface area contributed by atoms with Crippen LogP contribution in [0.25, 0.3) is 0 Å². The van der Waals surface area contributed by atoms with E-state index in [1.165, 1.54) is 13.1 Å². The fourth-order valence-electron chi connectivity index (χ4n) is 2.94. The molecule has 0 spiro atoms. The Hall–Kier alpha value is -2.75. The van der Waals surface area contributed by atoms with Crippen molar-refractivity contribution in [3.63, 3.8) is 0 Å². The van der Waals surface area contributed by atoms with Crippen molar-refractivity contribution >= 4 is 5.97 Å². The molecule has 1 aliphatic rings. The van der Waals surface area contributed by atoms with Crippen LogP contribution in [0, 0.1) is 6.92 Å². The van der Waals surface area contributed by atoms with Gasteiger partial charge in [0.2, 0.25) is 0 Å². The van der Waals surface area contributed by atoms with Gasteiger partial charge in [-0.3, -0.25) is 14.3 Å². The van der Waals surface area contributed by atoms with E-state index in [4.69, 9.17) is 9.47 Å². The molecule has 3 N–H and O–H groups in total. The zero-order valence-electron chi connectivity index (χ0n) is 14.6. The number of ether oxygens (including phenoxy) is 2. The van der Waals surface area contributed by atoms with Crippen LogP contribution in [0.5, 0.6) is 0 Å². The molecule has 1 aromatic carbocycles. The molecule has 0 bridgehead atoms. The maximum absolute atomic E-state index is 12.1. The summed E-state index contributed by atoms with van der Waals surface area (Å²) in [6, 6.07) is 8.27. The second kappa shape index (κ2) is 7.47. The van der Waals surface area contributed by atoms with Gasteiger partial charge in [0.25, 0.3) is 5.56 Å². The van der Waals surface area contributed by atoms with Gasteiger partial charge < -0.3 is 19.7 Å². The molecular weight excluding hydrogens is 356 g/mol. The Morgan fingerprint density at radius 3 is 2.74 bits per heavy atom. The van der Waals surface area contributed by atoms with Crippen molar-refractivity contribution in [1.82, 2.24) is 9.55 Å². The number of aliphatic hydroxyl groups excluding tert-OH is 2. The Morgan fingerprint density at radius 2 is 2.07 bits per heavy atom. The molecule has 1 fully saturated rings. The van der Waals surface area contributed by atoms with Gasteiger partial charge in [0.05, 0.1) is 18.3 Å². The molecule has 0 amide bonds. The Labute approximate surface area is 153 Å². The number of benzene rings is 1. The van der Waals surface area contributed by atoms with Crippen molar-refractivity contribution in [3.05, 3.63) is 68.5 Å². The van der Waals surface area contributed by atoms with Crippen molar-refractivity contribution in [2.24, 2.45) is 0 Å². The number of hydrogen-bond acceptors (Lipinski definition) is 7. The number of carbonyl (C=O) groups is 1. The van der Waals surface area contributed by atoms with Crippen LogP contribution < -0.4 is 11.2 Å². The van der Waals surface area contributed by atoms with E-state index in [9.17, 15) is 24.6 Å². The molecule has 3 rings (SSSR count). The van der Waals surface area contributed by atoms with Crippen molar-refractivity contribution in [2.75, 3.05) is 13.2 Å². The fraction of sp³-hybridized carbons (Fsp3) is 0.389. The standard InChI is InChI=1S/C18H20N2O7/c1-11-8-20(17(25)19-15(11)23)14-7-13(22)18(9-21,27-14)10-26-16(24)12-5-3-2-4-6-12/h2-6,8,13-14,21-22H,7,9-10H2,1H3,(H,19,23,25)/t13-,14+,18+/m0/s1. The highest BCUT2D eigenvalue weighted by atomic mass is 16.6. The summed E-state index contributed by atoms with van der Waals surface area (Å²) in [5.41, 5.74) is -2.16. The summed E-state index contributed by atoms with van der Waals surface area (Å²) in [5, 5.41) is 20.2. The smallest absolute Gasteiger partial charge is 0.338 e. The van der Waals surface area contributed by atoms with Gasteiger partial charge in [-0.2, -0.15) is 0 Å². The summed E-state index contributed by atoms with van der Waals surface area (Å²) < 4.78 is 12.1. The van der Waals surface area contributed by atoms with Crippen LogP contribution >= 0.6 is 0 Å². The molecule has 0 radical (unpaired) electrons. The number of aromatic amines is 1. The summed E-state index contributed by atoms with van der Waals surface area (Å²) in [4.78, 5) is 37.8. The maximum atomic E-state index is 12.1. The van der Waals surface area contributed by atoms with E-state index in [-0.39, 0.29) is 6.42 Å². The summed E-state index contributed by atoms with van der Waals surface area (Å²) in [6.45, 7) is 0.511. The van der Waals surface area contributed by atoms with Gasteiger partial charge in [0.15, 0.2) is 5.60 Å². The van der Waals surface area contributed by atoms with E-state index >= 15 is 0 Å². The lowest BCUT2D eigenvalue weighted by Crippen LogP contribution is -2.48. The number of aryl methyl sites for hydroxylation is 1. The first-order valence-electron chi connectivity index (χ1n) is 8.37. The molecule has 27 heavy (non-hydrogen) atoms. The molecule has 9 heteroatoms. The number of rotatable bonds is 5. The van der Waals surface area contributed by atoms with E-state index < -0.39 is 48.4 Å². The third kappa shape index (κ3) is 3.70. The predicted molar refractivity (Wildman–Crippen MR) is 93.3 cm³/mol. The van der Waals surface area contributed by atoms with Crippen molar-refractivity contribution in [1.29, 1.82) is 0 Å². The quantitative estimate of drug-likeness (QED) is 0.611. The Balaban J connectivity index is 1.78. The third-order valence-corrected chi connectivity index (χ3v) is 4.58. The highest BCUT2D eigenvalue weighted by Crippen LogP contribution is 2.36. The zero-order chi connectivity index (χ0) is 19.6. The summed E-state index contributed by atoms with van der Waals surface area (Å²) in [7, 11) is 0. The minimum absolute atomic E-state index is 0.0190. The zero-order valence-corrected chi connectivity index (χ0v) is 14.6. The van der Waals surface area contributed by atoms with Crippen LogP contribution in [0.4, 0.5) is 0 Å². The molecule has 144 valence electrons. The normalized spacial score (nSPS) is 24.7. The molecule has 1 aromatic heterocycles. The second-order valence-electron chi connectivity index (χ2n) is 6.47. The van der Waals surface area contributed by atoms with Gasteiger partial charge in [-0.25, -0.2) is 9.59 Å². The molecule has 1 aliphatic heterocycles. The van der Waals surface area contributed by atoms with E-state index in [2.05, 4.69) is 4.98 Å². The maximum Gasteiger partial charge on any atom is 0.338 e.